The van der Waals surface area contributed by atoms with Gasteiger partial charge in [-0.05, 0) is 31.1 Å². The quantitative estimate of drug-likeness (QED) is 0.695. The van der Waals surface area contributed by atoms with Crippen LogP contribution in [0.2, 0.25) is 0 Å². The molecule has 2 aromatic heterocycles. The summed E-state index contributed by atoms with van der Waals surface area (Å²) in [4.78, 5) is 8.62. The fourth-order valence-electron chi connectivity index (χ4n) is 2.79. The van der Waals surface area contributed by atoms with E-state index in [0.717, 1.165) is 5.75 Å². The van der Waals surface area contributed by atoms with E-state index in [-0.39, 0.29) is 0 Å². The third kappa shape index (κ3) is 3.15. The first-order valence-electron chi connectivity index (χ1n) is 7.97. The highest BCUT2D eigenvalue weighted by atomic mass is 19.2. The summed E-state index contributed by atoms with van der Waals surface area (Å²) in [5.74, 6) is -0.364. The summed E-state index contributed by atoms with van der Waals surface area (Å²) >= 11 is 0. The Bertz CT molecular complexity index is 977. The second-order valence-corrected chi connectivity index (χ2v) is 5.77. The molecule has 1 aliphatic carbocycles. The van der Waals surface area contributed by atoms with Gasteiger partial charge >= 0.3 is 0 Å². The van der Waals surface area contributed by atoms with Gasteiger partial charge < -0.3 is 4.74 Å². The summed E-state index contributed by atoms with van der Waals surface area (Å²) in [7, 11) is 0. The van der Waals surface area contributed by atoms with Crippen molar-refractivity contribution in [2.24, 2.45) is 0 Å². The highest BCUT2D eigenvalue weighted by Crippen LogP contribution is 2.33. The minimum absolute atomic E-state index is 0.303. The van der Waals surface area contributed by atoms with Crippen LogP contribution in [-0.2, 0) is 6.61 Å². The molecule has 0 fully saturated rings. The molecular weight excluding hydrogens is 324 g/mol. The lowest BCUT2D eigenvalue weighted by Crippen LogP contribution is -1.98. The maximum Gasteiger partial charge on any atom is 0.234 e. The predicted octanol–water partition coefficient (Wildman–Crippen LogP) is 4.64. The number of halogens is 2. The highest BCUT2D eigenvalue weighted by Gasteiger charge is 2.18. The number of ether oxygens (including phenoxy) is 1. The van der Waals surface area contributed by atoms with Crippen LogP contribution in [0.15, 0.2) is 66.7 Å². The smallest absolute Gasteiger partial charge is 0.234 e. The van der Waals surface area contributed by atoms with Crippen LogP contribution >= 0.6 is 0 Å². The third-order valence-electron chi connectivity index (χ3n) is 4.03. The van der Waals surface area contributed by atoms with Crippen molar-refractivity contribution >= 4 is 11.4 Å². The van der Waals surface area contributed by atoms with Crippen molar-refractivity contribution in [1.29, 1.82) is 0 Å². The highest BCUT2D eigenvalue weighted by molar-refractivity contribution is 5.71. The molecule has 126 valence electrons. The lowest BCUT2D eigenvalue weighted by Gasteiger charge is -2.12. The Morgan fingerprint density at radius 3 is 2.80 bits per heavy atom. The molecule has 25 heavy (non-hydrogen) atoms. The fourth-order valence-corrected chi connectivity index (χ4v) is 2.79. The maximum absolute atomic E-state index is 14.0. The molecule has 0 N–H and O–H groups in total. The Kier molecular flexibility index (Phi) is 4.01. The Labute approximate surface area is 143 Å². The van der Waals surface area contributed by atoms with E-state index in [2.05, 4.69) is 9.97 Å². The van der Waals surface area contributed by atoms with E-state index in [1.165, 1.54) is 12.3 Å². The third-order valence-corrected chi connectivity index (χ3v) is 4.03. The zero-order chi connectivity index (χ0) is 17.2. The molecule has 1 aliphatic rings. The van der Waals surface area contributed by atoms with Crippen LogP contribution in [0.4, 0.5) is 8.78 Å². The van der Waals surface area contributed by atoms with Crippen molar-refractivity contribution < 1.29 is 13.5 Å². The molecule has 0 radical (unpaired) electrons. The number of hydrogen-bond acceptors (Lipinski definition) is 3. The lowest BCUT2D eigenvalue weighted by atomic mass is 9.98. The van der Waals surface area contributed by atoms with Gasteiger partial charge in [-0.2, -0.15) is 0 Å². The lowest BCUT2D eigenvalue weighted by molar-refractivity contribution is 0.302. The molecule has 0 saturated carbocycles. The molecule has 0 atom stereocenters. The number of imidazole rings is 1. The zero-order valence-corrected chi connectivity index (χ0v) is 13.3. The SMILES string of the molecule is FC1=CCCC(c2cnc3nc(COc4ccccc4)cn3c2)=C1F. The largest absolute Gasteiger partial charge is 0.487 e. The first-order chi connectivity index (χ1) is 12.2. The standard InChI is InChI=1S/C19H15F2N3O/c20-17-8-4-7-16(18(17)21)13-9-22-19-23-14(11-24(19)10-13)12-25-15-5-2-1-3-6-15/h1-3,5-6,8-11H,4,7,12H2. The van der Waals surface area contributed by atoms with Gasteiger partial charge in [0.1, 0.15) is 12.4 Å². The average Bonchev–Trinajstić information content (AvgIpc) is 3.05. The Morgan fingerprint density at radius 1 is 1.12 bits per heavy atom. The van der Waals surface area contributed by atoms with Gasteiger partial charge in [0, 0.05) is 29.7 Å². The van der Waals surface area contributed by atoms with Gasteiger partial charge in [0.15, 0.2) is 11.7 Å². The number of aromatic nitrogens is 3. The second kappa shape index (κ2) is 6.47. The summed E-state index contributed by atoms with van der Waals surface area (Å²) in [6.45, 7) is 0.303. The molecule has 0 unspecified atom stereocenters. The van der Waals surface area contributed by atoms with Crippen molar-refractivity contribution in [3.05, 3.63) is 77.9 Å². The van der Waals surface area contributed by atoms with Crippen LogP contribution in [0.25, 0.3) is 11.4 Å². The van der Waals surface area contributed by atoms with Gasteiger partial charge in [-0.1, -0.05) is 18.2 Å². The van der Waals surface area contributed by atoms with Crippen molar-refractivity contribution in [3.8, 4) is 5.75 Å². The van der Waals surface area contributed by atoms with Crippen LogP contribution in [0.5, 0.6) is 5.75 Å². The molecule has 6 heteroatoms. The van der Waals surface area contributed by atoms with Crippen LogP contribution in [0.3, 0.4) is 0 Å². The van der Waals surface area contributed by atoms with Crippen LogP contribution in [0, 0.1) is 0 Å². The molecule has 4 rings (SSSR count). The Hall–Kier alpha value is -3.02. The number of allylic oxidation sites excluding steroid dienone is 4. The van der Waals surface area contributed by atoms with Gasteiger partial charge in [0.25, 0.3) is 0 Å². The van der Waals surface area contributed by atoms with Crippen LogP contribution in [-0.4, -0.2) is 14.4 Å². The molecule has 0 bridgehead atoms. The number of nitrogens with zero attached hydrogens (tertiary/aromatic N) is 3. The van der Waals surface area contributed by atoms with Gasteiger partial charge in [0.2, 0.25) is 5.78 Å². The minimum atomic E-state index is -0.805. The first-order valence-corrected chi connectivity index (χ1v) is 7.97. The Balaban J connectivity index is 1.59. The van der Waals surface area contributed by atoms with Crippen molar-refractivity contribution in [2.75, 3.05) is 0 Å². The molecule has 0 saturated heterocycles. The number of para-hydroxylation sites is 1. The molecule has 0 spiro atoms. The summed E-state index contributed by atoms with van der Waals surface area (Å²) in [6.07, 6.45) is 7.22. The molecule has 4 nitrogen and oxygen atoms in total. The van der Waals surface area contributed by atoms with Crippen LogP contribution in [0.1, 0.15) is 24.1 Å². The normalized spacial score (nSPS) is 14.7. The van der Waals surface area contributed by atoms with E-state index in [4.69, 9.17) is 4.74 Å². The first kappa shape index (κ1) is 15.5. The number of hydrogen-bond donors (Lipinski definition) is 0. The maximum atomic E-state index is 14.0. The van der Waals surface area contributed by atoms with Crippen molar-refractivity contribution in [1.82, 2.24) is 14.4 Å². The summed E-state index contributed by atoms with van der Waals surface area (Å²) in [6, 6.07) is 9.44. The van der Waals surface area contributed by atoms with Gasteiger partial charge in [-0.15, -0.1) is 0 Å². The number of rotatable bonds is 4. The van der Waals surface area contributed by atoms with Gasteiger partial charge in [-0.25, -0.2) is 18.7 Å². The van der Waals surface area contributed by atoms with Gasteiger partial charge in [0.05, 0.1) is 5.69 Å². The topological polar surface area (TPSA) is 39.4 Å². The van der Waals surface area contributed by atoms with Crippen molar-refractivity contribution in [2.45, 2.75) is 19.4 Å². The molecular formula is C19H15F2N3O. The van der Waals surface area contributed by atoms with Gasteiger partial charge in [-0.3, -0.25) is 4.40 Å². The van der Waals surface area contributed by atoms with E-state index in [1.54, 1.807) is 16.8 Å². The number of fused-ring (bicyclic) bond motifs is 1. The molecule has 3 aromatic rings. The molecule has 1 aromatic carbocycles. The number of benzene rings is 1. The summed E-state index contributed by atoms with van der Waals surface area (Å²) in [5.41, 5.74) is 1.60. The van der Waals surface area contributed by atoms with E-state index in [1.807, 2.05) is 30.3 Å². The zero-order valence-electron chi connectivity index (χ0n) is 13.3. The second-order valence-electron chi connectivity index (χ2n) is 5.77. The van der Waals surface area contributed by atoms with E-state index in [0.29, 0.717) is 42.1 Å². The predicted molar refractivity (Wildman–Crippen MR) is 90.2 cm³/mol. The summed E-state index contributed by atoms with van der Waals surface area (Å²) < 4.78 is 34.8. The molecule has 2 heterocycles. The molecule has 0 aliphatic heterocycles. The average molecular weight is 339 g/mol. The van der Waals surface area contributed by atoms with E-state index < -0.39 is 11.7 Å². The van der Waals surface area contributed by atoms with Crippen LogP contribution < -0.4 is 4.74 Å². The van der Waals surface area contributed by atoms with E-state index >= 15 is 0 Å². The Morgan fingerprint density at radius 2 is 1.96 bits per heavy atom. The minimum Gasteiger partial charge on any atom is -0.487 e. The fraction of sp³-hybridized carbons (Fsp3) is 0.158. The van der Waals surface area contributed by atoms with Crippen molar-refractivity contribution in [3.63, 3.8) is 0 Å². The summed E-state index contributed by atoms with van der Waals surface area (Å²) in [5, 5.41) is 0. The monoisotopic (exact) mass is 339 g/mol. The van der Waals surface area contributed by atoms with E-state index in [9.17, 15) is 8.78 Å². The molecule has 0 amide bonds.